The number of thiocarbonyl (C=S) groups is 1. The number of hydrogen-bond donors (Lipinski definition) is 1. The van der Waals surface area contributed by atoms with Gasteiger partial charge in [0.2, 0.25) is 0 Å². The molecule has 4 aliphatic rings. The SMILES string of the molecule is CCCCN(CCCC)C(=S)NC12CC3CC(CC(C3)C1)C2. The second kappa shape index (κ2) is 7.07. The van der Waals surface area contributed by atoms with Crippen molar-refractivity contribution in [3.05, 3.63) is 0 Å². The second-order valence-electron chi connectivity index (χ2n) is 8.32. The number of nitrogens with zero attached hydrogens (tertiary/aromatic N) is 1. The van der Waals surface area contributed by atoms with E-state index in [1.165, 1.54) is 64.2 Å². The van der Waals surface area contributed by atoms with Crippen LogP contribution in [0.5, 0.6) is 0 Å². The quantitative estimate of drug-likeness (QED) is 0.682. The minimum atomic E-state index is 0.364. The Bertz CT molecular complexity index is 350. The highest BCUT2D eigenvalue weighted by Gasteiger charge is 2.51. The molecule has 4 saturated carbocycles. The van der Waals surface area contributed by atoms with Gasteiger partial charge < -0.3 is 10.2 Å². The highest BCUT2D eigenvalue weighted by molar-refractivity contribution is 7.80. The van der Waals surface area contributed by atoms with Crippen molar-refractivity contribution in [3.8, 4) is 0 Å². The average Bonchev–Trinajstić information content (AvgIpc) is 2.45. The van der Waals surface area contributed by atoms with E-state index in [0.717, 1.165) is 36.0 Å². The predicted molar refractivity (Wildman–Crippen MR) is 98.0 cm³/mol. The lowest BCUT2D eigenvalue weighted by atomic mass is 9.53. The Morgan fingerprint density at radius 2 is 1.41 bits per heavy atom. The zero-order valence-corrected chi connectivity index (χ0v) is 15.4. The van der Waals surface area contributed by atoms with Gasteiger partial charge in [-0.25, -0.2) is 0 Å². The van der Waals surface area contributed by atoms with Crippen LogP contribution in [-0.4, -0.2) is 28.6 Å². The fourth-order valence-corrected chi connectivity index (χ4v) is 5.98. The van der Waals surface area contributed by atoms with Gasteiger partial charge in [-0.15, -0.1) is 0 Å². The van der Waals surface area contributed by atoms with Crippen LogP contribution in [0.3, 0.4) is 0 Å². The summed E-state index contributed by atoms with van der Waals surface area (Å²) in [6, 6.07) is 0. The van der Waals surface area contributed by atoms with Gasteiger partial charge in [0.25, 0.3) is 0 Å². The van der Waals surface area contributed by atoms with Crippen molar-refractivity contribution in [1.29, 1.82) is 0 Å². The standard InChI is InChI=1S/C19H34N2S/c1-3-5-7-21(8-6-4-2)18(22)20-19-12-15-9-16(13-19)11-17(10-15)14-19/h15-17H,3-14H2,1-2H3,(H,20,22). The predicted octanol–water partition coefficient (Wildman–Crippen LogP) is 4.73. The summed E-state index contributed by atoms with van der Waals surface area (Å²) in [5.74, 6) is 2.96. The lowest BCUT2D eigenvalue weighted by molar-refractivity contribution is -0.0112. The molecule has 1 N–H and O–H groups in total. The van der Waals surface area contributed by atoms with Crippen LogP contribution >= 0.6 is 12.2 Å². The van der Waals surface area contributed by atoms with Gasteiger partial charge in [0.1, 0.15) is 0 Å². The summed E-state index contributed by atoms with van der Waals surface area (Å²) in [7, 11) is 0. The first-order valence-corrected chi connectivity index (χ1v) is 10.1. The molecule has 0 saturated heterocycles. The van der Waals surface area contributed by atoms with E-state index in [2.05, 4.69) is 24.1 Å². The molecule has 0 heterocycles. The summed E-state index contributed by atoms with van der Waals surface area (Å²) in [4.78, 5) is 2.46. The average molecular weight is 323 g/mol. The smallest absolute Gasteiger partial charge is 0.169 e. The fraction of sp³-hybridized carbons (Fsp3) is 0.947. The molecule has 126 valence electrons. The van der Waals surface area contributed by atoms with Crippen LogP contribution in [0.25, 0.3) is 0 Å². The van der Waals surface area contributed by atoms with E-state index in [9.17, 15) is 0 Å². The van der Waals surface area contributed by atoms with E-state index in [1.54, 1.807) is 0 Å². The molecule has 0 aliphatic heterocycles. The number of nitrogens with one attached hydrogen (secondary N) is 1. The summed E-state index contributed by atoms with van der Waals surface area (Å²) >= 11 is 5.85. The molecule has 0 spiro atoms. The van der Waals surface area contributed by atoms with Gasteiger partial charge in [0.05, 0.1) is 0 Å². The first-order valence-electron chi connectivity index (χ1n) is 9.71. The molecule has 0 atom stereocenters. The molecule has 3 heteroatoms. The first-order chi connectivity index (χ1) is 10.6. The zero-order valence-electron chi connectivity index (χ0n) is 14.6. The molecule has 0 aromatic carbocycles. The Morgan fingerprint density at radius 1 is 0.955 bits per heavy atom. The van der Waals surface area contributed by atoms with Crippen molar-refractivity contribution in [2.45, 2.75) is 83.6 Å². The maximum absolute atomic E-state index is 5.85. The molecule has 2 nitrogen and oxygen atoms in total. The summed E-state index contributed by atoms with van der Waals surface area (Å²) in [5, 5.41) is 4.96. The van der Waals surface area contributed by atoms with E-state index >= 15 is 0 Å². The monoisotopic (exact) mass is 322 g/mol. The molecule has 0 unspecified atom stereocenters. The molecule has 0 radical (unpaired) electrons. The third kappa shape index (κ3) is 3.60. The molecular weight excluding hydrogens is 288 g/mol. The molecule has 0 aromatic rings. The largest absolute Gasteiger partial charge is 0.357 e. The molecule has 0 amide bonds. The van der Waals surface area contributed by atoms with Gasteiger partial charge in [-0.3, -0.25) is 0 Å². The van der Waals surface area contributed by atoms with Crippen LogP contribution in [0.4, 0.5) is 0 Å². The van der Waals surface area contributed by atoms with Crippen molar-refractivity contribution in [1.82, 2.24) is 10.2 Å². The van der Waals surface area contributed by atoms with Crippen LogP contribution in [0.2, 0.25) is 0 Å². The van der Waals surface area contributed by atoms with Crippen LogP contribution in [-0.2, 0) is 0 Å². The lowest BCUT2D eigenvalue weighted by Gasteiger charge is -2.57. The van der Waals surface area contributed by atoms with Crippen LogP contribution in [0.1, 0.15) is 78.1 Å². The Balaban J connectivity index is 1.61. The number of unbranched alkanes of at least 4 members (excludes halogenated alkanes) is 2. The summed E-state index contributed by atoms with van der Waals surface area (Å²) in [5.41, 5.74) is 0.364. The van der Waals surface area contributed by atoms with Crippen molar-refractivity contribution in [3.63, 3.8) is 0 Å². The summed E-state index contributed by atoms with van der Waals surface area (Å²) < 4.78 is 0. The zero-order chi connectivity index (χ0) is 15.6. The van der Waals surface area contributed by atoms with E-state index in [1.807, 2.05) is 0 Å². The highest BCUT2D eigenvalue weighted by atomic mass is 32.1. The van der Waals surface area contributed by atoms with E-state index in [-0.39, 0.29) is 0 Å². The number of rotatable bonds is 7. The van der Waals surface area contributed by atoms with Crippen LogP contribution < -0.4 is 5.32 Å². The van der Waals surface area contributed by atoms with Crippen molar-refractivity contribution in [2.24, 2.45) is 17.8 Å². The van der Waals surface area contributed by atoms with Crippen LogP contribution in [0, 0.1) is 17.8 Å². The topological polar surface area (TPSA) is 15.3 Å². The Labute approximate surface area is 142 Å². The second-order valence-corrected chi connectivity index (χ2v) is 8.71. The van der Waals surface area contributed by atoms with Crippen molar-refractivity contribution >= 4 is 17.3 Å². The van der Waals surface area contributed by atoms with E-state index < -0.39 is 0 Å². The van der Waals surface area contributed by atoms with Crippen molar-refractivity contribution < 1.29 is 0 Å². The van der Waals surface area contributed by atoms with Gasteiger partial charge in [-0.2, -0.15) is 0 Å². The Morgan fingerprint density at radius 3 is 1.82 bits per heavy atom. The third-order valence-electron chi connectivity index (χ3n) is 6.26. The maximum atomic E-state index is 5.85. The Kier molecular flexibility index (Phi) is 5.31. The number of hydrogen-bond acceptors (Lipinski definition) is 1. The minimum Gasteiger partial charge on any atom is -0.357 e. The van der Waals surface area contributed by atoms with Gasteiger partial charge in [-0.1, -0.05) is 26.7 Å². The first kappa shape index (κ1) is 16.5. The Hall–Kier alpha value is -0.310. The molecule has 4 aliphatic carbocycles. The molecule has 0 aromatic heterocycles. The fourth-order valence-electron chi connectivity index (χ4n) is 5.58. The molecule has 4 fully saturated rings. The van der Waals surface area contributed by atoms with E-state index in [4.69, 9.17) is 12.2 Å². The molecular formula is C19H34N2S. The van der Waals surface area contributed by atoms with Gasteiger partial charge in [-0.05, 0) is 81.3 Å². The van der Waals surface area contributed by atoms with Crippen LogP contribution in [0.15, 0.2) is 0 Å². The maximum Gasteiger partial charge on any atom is 0.169 e. The minimum absolute atomic E-state index is 0.364. The molecule has 22 heavy (non-hydrogen) atoms. The van der Waals surface area contributed by atoms with E-state index in [0.29, 0.717) is 5.54 Å². The summed E-state index contributed by atoms with van der Waals surface area (Å²) in [6.07, 6.45) is 13.7. The lowest BCUT2D eigenvalue weighted by Crippen LogP contribution is -2.61. The summed E-state index contributed by atoms with van der Waals surface area (Å²) in [6.45, 7) is 6.81. The molecule has 4 rings (SSSR count). The third-order valence-corrected chi connectivity index (χ3v) is 6.62. The van der Waals surface area contributed by atoms with Gasteiger partial charge in [0.15, 0.2) is 5.11 Å². The van der Waals surface area contributed by atoms with Crippen molar-refractivity contribution in [2.75, 3.05) is 13.1 Å². The highest BCUT2D eigenvalue weighted by Crippen LogP contribution is 2.55. The van der Waals surface area contributed by atoms with Gasteiger partial charge in [0, 0.05) is 18.6 Å². The normalized spacial score (nSPS) is 35.6. The molecule has 4 bridgehead atoms. The van der Waals surface area contributed by atoms with Gasteiger partial charge >= 0.3 is 0 Å².